The van der Waals surface area contributed by atoms with Crippen molar-refractivity contribution in [3.63, 3.8) is 0 Å². The molecule has 0 aromatic rings. The van der Waals surface area contributed by atoms with Gasteiger partial charge in [-0.15, -0.1) is 0 Å². The SMILES string of the molecule is CC(=O)N/C=C\S(=O)C1=C(C(=O)O)N2C(=O)[C@@H](C(C)(C)O)[C@H]2C1. The van der Waals surface area contributed by atoms with E-state index in [1.807, 2.05) is 0 Å². The number of rotatable bonds is 5. The molecule has 1 unspecified atom stereocenters. The molecular formula is C14H18N2O6S. The highest BCUT2D eigenvalue weighted by Gasteiger charge is 2.60. The molecule has 0 bridgehead atoms. The number of hydrogen-bond donors (Lipinski definition) is 3. The molecule has 1 saturated heterocycles. The van der Waals surface area contributed by atoms with Crippen molar-refractivity contribution in [2.45, 2.75) is 38.8 Å². The minimum absolute atomic E-state index is 0.101. The number of nitrogens with zero attached hydrogens (tertiary/aromatic N) is 1. The number of carbonyl (C=O) groups excluding carboxylic acids is 2. The van der Waals surface area contributed by atoms with E-state index >= 15 is 0 Å². The van der Waals surface area contributed by atoms with Crippen LogP contribution in [0, 0.1) is 5.92 Å². The van der Waals surface area contributed by atoms with Gasteiger partial charge in [0.05, 0.1) is 33.3 Å². The molecular weight excluding hydrogens is 324 g/mol. The van der Waals surface area contributed by atoms with Crippen LogP contribution < -0.4 is 5.32 Å². The average molecular weight is 342 g/mol. The fraction of sp³-hybridized carbons (Fsp3) is 0.500. The Kier molecular flexibility index (Phi) is 4.45. The summed E-state index contributed by atoms with van der Waals surface area (Å²) in [5.41, 5.74) is -1.59. The molecule has 9 heteroatoms. The molecule has 3 N–H and O–H groups in total. The lowest BCUT2D eigenvalue weighted by Gasteiger charge is -2.48. The van der Waals surface area contributed by atoms with Crippen LogP contribution in [0.5, 0.6) is 0 Å². The summed E-state index contributed by atoms with van der Waals surface area (Å²) in [5.74, 6) is -2.91. The minimum atomic E-state index is -1.79. The molecule has 2 rings (SSSR count). The zero-order valence-corrected chi connectivity index (χ0v) is 13.7. The fourth-order valence-electron chi connectivity index (χ4n) is 2.92. The van der Waals surface area contributed by atoms with Gasteiger partial charge in [-0.05, 0) is 13.8 Å². The van der Waals surface area contributed by atoms with Crippen LogP contribution in [0.25, 0.3) is 0 Å². The van der Waals surface area contributed by atoms with E-state index < -0.39 is 40.2 Å². The first-order valence-corrected chi connectivity index (χ1v) is 8.13. The summed E-state index contributed by atoms with van der Waals surface area (Å²) < 4.78 is 12.3. The molecule has 0 aromatic heterocycles. The molecule has 0 aromatic carbocycles. The standard InChI is InChI=1S/C14H18N2O6S/c1-7(17)15-4-5-23(22)9-6-8-10(14(2,3)21)12(18)16(8)11(9)13(19)20/h4-5,8,10,21H,6H2,1-3H3,(H,15,17)(H,19,20)/b5-4-/t8-,10+,23?/m1/s1. The van der Waals surface area contributed by atoms with Gasteiger partial charge >= 0.3 is 5.97 Å². The molecule has 0 radical (unpaired) electrons. The van der Waals surface area contributed by atoms with Gasteiger partial charge < -0.3 is 20.4 Å². The normalized spacial score (nSPS) is 25.4. The van der Waals surface area contributed by atoms with Crippen LogP contribution in [0.4, 0.5) is 0 Å². The third kappa shape index (κ3) is 3.06. The van der Waals surface area contributed by atoms with Crippen LogP contribution in [0.3, 0.4) is 0 Å². The van der Waals surface area contributed by atoms with Crippen LogP contribution in [0.1, 0.15) is 27.2 Å². The number of carboxylic acids is 1. The number of nitrogens with one attached hydrogen (secondary N) is 1. The summed E-state index contributed by atoms with van der Waals surface area (Å²) in [6, 6.07) is -0.512. The maximum absolute atomic E-state index is 12.3. The summed E-state index contributed by atoms with van der Waals surface area (Å²) >= 11 is 0. The van der Waals surface area contributed by atoms with Crippen molar-refractivity contribution in [1.29, 1.82) is 0 Å². The van der Waals surface area contributed by atoms with Crippen LogP contribution >= 0.6 is 0 Å². The lowest BCUT2D eigenvalue weighted by atomic mass is 9.76. The Bertz CT molecular complexity index is 661. The summed E-state index contributed by atoms with van der Waals surface area (Å²) in [5, 5.41) is 22.9. The van der Waals surface area contributed by atoms with Crippen molar-refractivity contribution in [1.82, 2.24) is 10.2 Å². The van der Waals surface area contributed by atoms with E-state index in [9.17, 15) is 28.8 Å². The van der Waals surface area contributed by atoms with E-state index in [-0.39, 0.29) is 22.9 Å². The largest absolute Gasteiger partial charge is 0.477 e. The zero-order valence-electron chi connectivity index (χ0n) is 12.9. The highest BCUT2D eigenvalue weighted by molar-refractivity contribution is 7.91. The predicted molar refractivity (Wildman–Crippen MR) is 80.8 cm³/mol. The quantitative estimate of drug-likeness (QED) is 0.586. The highest BCUT2D eigenvalue weighted by Crippen LogP contribution is 2.47. The van der Waals surface area contributed by atoms with Gasteiger partial charge in [-0.3, -0.25) is 9.59 Å². The maximum Gasteiger partial charge on any atom is 0.353 e. The molecule has 2 aliphatic rings. The topological polar surface area (TPSA) is 124 Å². The summed E-state index contributed by atoms with van der Waals surface area (Å²) in [4.78, 5) is 35.6. The second-order valence-corrected chi connectivity index (χ2v) is 7.35. The molecule has 3 atom stereocenters. The Hall–Kier alpha value is -2.00. The van der Waals surface area contributed by atoms with Gasteiger partial charge in [0, 0.05) is 25.0 Å². The van der Waals surface area contributed by atoms with Gasteiger partial charge in [-0.2, -0.15) is 0 Å². The third-order valence-corrected chi connectivity index (χ3v) is 5.03. The Morgan fingerprint density at radius 3 is 2.52 bits per heavy atom. The molecule has 8 nitrogen and oxygen atoms in total. The predicted octanol–water partition coefficient (Wildman–Crippen LogP) is -0.360. The Morgan fingerprint density at radius 2 is 2.04 bits per heavy atom. The summed E-state index contributed by atoms with van der Waals surface area (Å²) in [6.07, 6.45) is 1.29. The smallest absolute Gasteiger partial charge is 0.353 e. The van der Waals surface area contributed by atoms with E-state index in [2.05, 4.69) is 5.32 Å². The van der Waals surface area contributed by atoms with E-state index in [1.165, 1.54) is 27.0 Å². The molecule has 0 saturated carbocycles. The van der Waals surface area contributed by atoms with Crippen molar-refractivity contribution in [2.24, 2.45) is 5.92 Å². The molecule has 0 spiro atoms. The first-order valence-electron chi connectivity index (χ1n) is 6.92. The monoisotopic (exact) mass is 342 g/mol. The van der Waals surface area contributed by atoms with Crippen molar-refractivity contribution < 1.29 is 28.8 Å². The first-order chi connectivity index (χ1) is 10.6. The van der Waals surface area contributed by atoms with E-state index in [0.29, 0.717) is 0 Å². The van der Waals surface area contributed by atoms with E-state index in [1.54, 1.807) is 0 Å². The van der Waals surface area contributed by atoms with Crippen molar-refractivity contribution in [2.75, 3.05) is 0 Å². The minimum Gasteiger partial charge on any atom is -0.477 e. The van der Waals surface area contributed by atoms with Crippen LogP contribution in [-0.2, 0) is 25.2 Å². The fourth-order valence-corrected chi connectivity index (χ4v) is 3.99. The van der Waals surface area contributed by atoms with Crippen molar-refractivity contribution in [3.05, 3.63) is 22.2 Å². The molecule has 0 aliphatic carbocycles. The van der Waals surface area contributed by atoms with Crippen molar-refractivity contribution >= 4 is 28.6 Å². The van der Waals surface area contributed by atoms with Gasteiger partial charge in [0.1, 0.15) is 5.70 Å². The van der Waals surface area contributed by atoms with Gasteiger partial charge in [-0.25, -0.2) is 9.00 Å². The van der Waals surface area contributed by atoms with Gasteiger partial charge in [0.15, 0.2) is 0 Å². The number of amides is 2. The third-order valence-electron chi connectivity index (χ3n) is 3.80. The molecule has 126 valence electrons. The van der Waals surface area contributed by atoms with E-state index in [0.717, 1.165) is 10.3 Å². The summed E-state index contributed by atoms with van der Waals surface area (Å²) in [7, 11) is -1.79. The Morgan fingerprint density at radius 1 is 1.43 bits per heavy atom. The summed E-state index contributed by atoms with van der Waals surface area (Å²) in [6.45, 7) is 4.25. The number of hydrogen-bond acceptors (Lipinski definition) is 5. The van der Waals surface area contributed by atoms with Gasteiger partial charge in [0.25, 0.3) is 0 Å². The second kappa shape index (κ2) is 5.89. The van der Waals surface area contributed by atoms with Crippen molar-refractivity contribution in [3.8, 4) is 0 Å². The van der Waals surface area contributed by atoms with Crippen LogP contribution in [0.15, 0.2) is 22.2 Å². The maximum atomic E-state index is 12.3. The lowest BCUT2D eigenvalue weighted by Crippen LogP contribution is -2.65. The van der Waals surface area contributed by atoms with Crippen LogP contribution in [0.2, 0.25) is 0 Å². The zero-order chi connectivity index (χ0) is 17.5. The number of aliphatic hydroxyl groups is 1. The number of fused-ring (bicyclic) bond motifs is 1. The Balaban J connectivity index is 2.28. The average Bonchev–Trinajstić information content (AvgIpc) is 2.71. The van der Waals surface area contributed by atoms with E-state index in [4.69, 9.17) is 0 Å². The Labute approximate surface area is 135 Å². The highest BCUT2D eigenvalue weighted by atomic mass is 32.2. The number of carboxylic acid groups (broad SMARTS) is 1. The van der Waals surface area contributed by atoms with Gasteiger partial charge in [-0.1, -0.05) is 0 Å². The molecule has 2 aliphatic heterocycles. The number of aliphatic carboxylic acids is 1. The lowest BCUT2D eigenvalue weighted by molar-refractivity contribution is -0.169. The molecule has 1 fully saturated rings. The molecule has 2 amide bonds. The number of carbonyl (C=O) groups is 3. The van der Waals surface area contributed by atoms with Crippen LogP contribution in [-0.4, -0.2) is 48.7 Å². The number of β-lactam (4-membered cyclic amide) rings is 1. The second-order valence-electron chi connectivity index (χ2n) is 5.99. The molecule has 2 heterocycles. The molecule has 23 heavy (non-hydrogen) atoms. The first kappa shape index (κ1) is 17.4. The van der Waals surface area contributed by atoms with Gasteiger partial charge in [0.2, 0.25) is 11.8 Å².